The number of benzene rings is 1. The molecule has 1 aromatic carbocycles. The lowest BCUT2D eigenvalue weighted by atomic mass is 9.81. The molecule has 0 spiro atoms. The molecule has 1 N–H and O–H groups in total. The number of nitro groups is 1. The molecule has 1 amide bonds. The summed E-state index contributed by atoms with van der Waals surface area (Å²) in [6.07, 6.45) is 5.33. The maximum absolute atomic E-state index is 12.1. The normalized spacial score (nSPS) is 16.2. The summed E-state index contributed by atoms with van der Waals surface area (Å²) in [7, 11) is 0. The van der Waals surface area contributed by atoms with Crippen LogP contribution in [0.25, 0.3) is 0 Å². The van der Waals surface area contributed by atoms with Crippen molar-refractivity contribution in [3.63, 3.8) is 0 Å². The smallest absolute Gasteiger partial charge is 0.335 e. The van der Waals surface area contributed by atoms with Gasteiger partial charge in [-0.2, -0.15) is 5.48 Å². The quantitative estimate of drug-likeness (QED) is 0.614. The number of hydrogen-bond acceptors (Lipinski definition) is 5. The molecule has 24 heavy (non-hydrogen) atoms. The van der Waals surface area contributed by atoms with Crippen LogP contribution in [0, 0.1) is 22.0 Å². The first-order chi connectivity index (χ1) is 11.4. The standard InChI is InChI=1S/C16H19BrN2O5/c1-10(11-5-3-2-4-6-11)16(21)24-18-15(20)13-8-7-12(17)9-14(13)19(22)23/h7-11H,2-6H2,1H3,(H,18,20)/t10-/m0/s1. The van der Waals surface area contributed by atoms with E-state index in [1.165, 1.54) is 24.6 Å². The van der Waals surface area contributed by atoms with Gasteiger partial charge in [0.25, 0.3) is 11.6 Å². The molecule has 7 nitrogen and oxygen atoms in total. The van der Waals surface area contributed by atoms with Gasteiger partial charge in [0.1, 0.15) is 5.56 Å². The van der Waals surface area contributed by atoms with Crippen molar-refractivity contribution < 1.29 is 19.3 Å². The Bertz CT molecular complexity index is 643. The average Bonchev–Trinajstić information content (AvgIpc) is 2.59. The zero-order valence-electron chi connectivity index (χ0n) is 13.3. The Morgan fingerprint density at radius 1 is 1.33 bits per heavy atom. The Morgan fingerprint density at radius 2 is 2.00 bits per heavy atom. The lowest BCUT2D eigenvalue weighted by Gasteiger charge is -2.25. The number of carbonyl (C=O) groups excluding carboxylic acids is 2. The third-order valence-corrected chi connectivity index (χ3v) is 4.87. The second-order valence-electron chi connectivity index (χ2n) is 5.96. The van der Waals surface area contributed by atoms with Crippen LogP contribution in [0.2, 0.25) is 0 Å². The zero-order valence-corrected chi connectivity index (χ0v) is 14.9. The van der Waals surface area contributed by atoms with Gasteiger partial charge in [-0.25, -0.2) is 4.79 Å². The van der Waals surface area contributed by atoms with E-state index >= 15 is 0 Å². The highest BCUT2D eigenvalue weighted by Crippen LogP contribution is 2.30. The van der Waals surface area contributed by atoms with E-state index in [0.717, 1.165) is 25.7 Å². The van der Waals surface area contributed by atoms with Gasteiger partial charge in [-0.15, -0.1) is 0 Å². The summed E-state index contributed by atoms with van der Waals surface area (Å²) in [5.74, 6) is -1.40. The van der Waals surface area contributed by atoms with Gasteiger partial charge in [0.05, 0.1) is 10.8 Å². The van der Waals surface area contributed by atoms with Crippen LogP contribution < -0.4 is 5.48 Å². The molecule has 0 radical (unpaired) electrons. The molecule has 1 saturated carbocycles. The Balaban J connectivity index is 1.97. The lowest BCUT2D eigenvalue weighted by Crippen LogP contribution is -2.33. The van der Waals surface area contributed by atoms with Crippen LogP contribution >= 0.6 is 15.9 Å². The van der Waals surface area contributed by atoms with E-state index < -0.39 is 16.8 Å². The molecule has 0 aliphatic heterocycles. The highest BCUT2D eigenvalue weighted by Gasteiger charge is 2.28. The van der Waals surface area contributed by atoms with E-state index in [4.69, 9.17) is 4.84 Å². The van der Waals surface area contributed by atoms with Crippen molar-refractivity contribution in [3.8, 4) is 0 Å². The number of nitrogens with one attached hydrogen (secondary N) is 1. The minimum atomic E-state index is -0.821. The molecule has 0 unspecified atom stereocenters. The Hall–Kier alpha value is -1.96. The molecule has 2 rings (SSSR count). The Kier molecular flexibility index (Phi) is 6.30. The molecule has 1 aliphatic carbocycles. The molecular weight excluding hydrogens is 380 g/mol. The second kappa shape index (κ2) is 8.23. The molecule has 1 fully saturated rings. The number of nitrogens with zero attached hydrogens (tertiary/aromatic N) is 1. The summed E-state index contributed by atoms with van der Waals surface area (Å²) in [5.41, 5.74) is 1.50. The topological polar surface area (TPSA) is 98.5 Å². The first-order valence-corrected chi connectivity index (χ1v) is 8.64. The van der Waals surface area contributed by atoms with Crippen LogP contribution in [0.3, 0.4) is 0 Å². The van der Waals surface area contributed by atoms with Gasteiger partial charge in [-0.05, 0) is 30.9 Å². The summed E-state index contributed by atoms with van der Waals surface area (Å²) in [5, 5.41) is 11.0. The summed E-state index contributed by atoms with van der Waals surface area (Å²) in [4.78, 5) is 39.4. The highest BCUT2D eigenvalue weighted by molar-refractivity contribution is 9.10. The number of carbonyl (C=O) groups is 2. The van der Waals surface area contributed by atoms with E-state index in [2.05, 4.69) is 15.9 Å². The number of hydroxylamine groups is 1. The van der Waals surface area contributed by atoms with Crippen LogP contribution in [0.1, 0.15) is 49.4 Å². The summed E-state index contributed by atoms with van der Waals surface area (Å²) in [6, 6.07) is 4.03. The van der Waals surface area contributed by atoms with Gasteiger partial charge in [0, 0.05) is 10.5 Å². The maximum atomic E-state index is 12.1. The van der Waals surface area contributed by atoms with Crippen LogP contribution in [-0.4, -0.2) is 16.8 Å². The van der Waals surface area contributed by atoms with E-state index in [1.54, 1.807) is 6.92 Å². The van der Waals surface area contributed by atoms with Gasteiger partial charge in [0.15, 0.2) is 0 Å². The predicted octanol–water partition coefficient (Wildman–Crippen LogP) is 3.76. The highest BCUT2D eigenvalue weighted by atomic mass is 79.9. The minimum absolute atomic E-state index is 0.165. The number of rotatable bonds is 4. The SMILES string of the molecule is C[C@H](C(=O)ONC(=O)c1ccc(Br)cc1[N+](=O)[O-])C1CCCCC1. The molecule has 0 heterocycles. The summed E-state index contributed by atoms with van der Waals surface area (Å²) in [6.45, 7) is 1.78. The third-order valence-electron chi connectivity index (χ3n) is 4.37. The summed E-state index contributed by atoms with van der Waals surface area (Å²) < 4.78 is 0.480. The fraction of sp³-hybridized carbons (Fsp3) is 0.500. The van der Waals surface area contributed by atoms with Crippen molar-refractivity contribution in [3.05, 3.63) is 38.3 Å². The predicted molar refractivity (Wildman–Crippen MR) is 90.1 cm³/mol. The molecule has 1 atom stereocenters. The molecule has 0 aromatic heterocycles. The van der Waals surface area contributed by atoms with Gasteiger partial charge < -0.3 is 4.84 Å². The van der Waals surface area contributed by atoms with Crippen molar-refractivity contribution in [1.29, 1.82) is 0 Å². The van der Waals surface area contributed by atoms with Crippen molar-refractivity contribution in [2.24, 2.45) is 11.8 Å². The van der Waals surface area contributed by atoms with E-state index in [-0.39, 0.29) is 23.1 Å². The molecular formula is C16H19BrN2O5. The molecule has 1 aromatic rings. The molecule has 0 saturated heterocycles. The van der Waals surface area contributed by atoms with Crippen LogP contribution in [0.15, 0.2) is 22.7 Å². The van der Waals surface area contributed by atoms with Gasteiger partial charge >= 0.3 is 5.97 Å². The van der Waals surface area contributed by atoms with Crippen molar-refractivity contribution >= 4 is 33.5 Å². The number of halogens is 1. The fourth-order valence-electron chi connectivity index (χ4n) is 2.92. The minimum Gasteiger partial charge on any atom is -0.340 e. The fourth-order valence-corrected chi connectivity index (χ4v) is 3.27. The number of hydrogen-bond donors (Lipinski definition) is 1. The Labute approximate surface area is 148 Å². The average molecular weight is 399 g/mol. The maximum Gasteiger partial charge on any atom is 0.335 e. The molecule has 0 bridgehead atoms. The van der Waals surface area contributed by atoms with E-state index in [0.29, 0.717) is 4.47 Å². The number of amides is 1. The van der Waals surface area contributed by atoms with Crippen molar-refractivity contribution in [2.45, 2.75) is 39.0 Å². The molecule has 130 valence electrons. The van der Waals surface area contributed by atoms with Gasteiger partial charge in [-0.3, -0.25) is 14.9 Å². The largest absolute Gasteiger partial charge is 0.340 e. The zero-order chi connectivity index (χ0) is 17.7. The van der Waals surface area contributed by atoms with E-state index in [9.17, 15) is 19.7 Å². The van der Waals surface area contributed by atoms with Crippen LogP contribution in [-0.2, 0) is 9.63 Å². The van der Waals surface area contributed by atoms with E-state index in [1.807, 2.05) is 5.48 Å². The number of nitro benzene ring substituents is 1. The summed E-state index contributed by atoms with van der Waals surface area (Å²) >= 11 is 3.12. The van der Waals surface area contributed by atoms with Crippen LogP contribution in [0.5, 0.6) is 0 Å². The first-order valence-electron chi connectivity index (χ1n) is 7.85. The molecule has 8 heteroatoms. The van der Waals surface area contributed by atoms with Crippen molar-refractivity contribution in [2.75, 3.05) is 0 Å². The van der Waals surface area contributed by atoms with Crippen LogP contribution in [0.4, 0.5) is 5.69 Å². The van der Waals surface area contributed by atoms with Gasteiger partial charge in [-0.1, -0.05) is 42.1 Å². The monoisotopic (exact) mass is 398 g/mol. The lowest BCUT2D eigenvalue weighted by molar-refractivity contribution is -0.385. The third kappa shape index (κ3) is 4.53. The van der Waals surface area contributed by atoms with Gasteiger partial charge in [0.2, 0.25) is 0 Å². The van der Waals surface area contributed by atoms with Crippen molar-refractivity contribution in [1.82, 2.24) is 5.48 Å². The molecule has 1 aliphatic rings. The second-order valence-corrected chi connectivity index (χ2v) is 6.87. The first kappa shape index (κ1) is 18.4. The Morgan fingerprint density at radius 3 is 2.62 bits per heavy atom.